The van der Waals surface area contributed by atoms with E-state index in [9.17, 15) is 4.79 Å². The molecule has 76 valence electrons. The van der Waals surface area contributed by atoms with Gasteiger partial charge in [0.05, 0.1) is 6.73 Å². The molecule has 1 aromatic carbocycles. The van der Waals surface area contributed by atoms with E-state index in [2.05, 4.69) is 5.32 Å². The molecule has 0 saturated heterocycles. The Morgan fingerprint density at radius 3 is 2.64 bits per heavy atom. The van der Waals surface area contributed by atoms with E-state index >= 15 is 0 Å². The Balaban J connectivity index is 2.73. The molecule has 1 aromatic rings. The van der Waals surface area contributed by atoms with Crippen LogP contribution in [0.1, 0.15) is 11.6 Å². The first-order valence-corrected chi connectivity index (χ1v) is 4.25. The maximum Gasteiger partial charge on any atom is 0.325 e. The number of benzene rings is 1. The Hall–Kier alpha value is -1.39. The molecule has 0 saturated carbocycles. The van der Waals surface area contributed by atoms with Crippen molar-refractivity contribution in [3.8, 4) is 0 Å². The molecule has 4 nitrogen and oxygen atoms in total. The van der Waals surface area contributed by atoms with Gasteiger partial charge in [0.15, 0.2) is 0 Å². The third kappa shape index (κ3) is 2.83. The molecule has 0 radical (unpaired) electrons. The molecule has 0 bridgehead atoms. The van der Waals surface area contributed by atoms with Gasteiger partial charge in [-0.1, -0.05) is 30.3 Å². The number of rotatable bonds is 5. The van der Waals surface area contributed by atoms with Gasteiger partial charge in [-0.3, -0.25) is 10.1 Å². The molecule has 1 rings (SSSR count). The van der Waals surface area contributed by atoms with Crippen molar-refractivity contribution in [3.63, 3.8) is 0 Å². The largest absolute Gasteiger partial charge is 0.480 e. The molecule has 1 atom stereocenters. The second-order valence-electron chi connectivity index (χ2n) is 2.82. The van der Waals surface area contributed by atoms with Gasteiger partial charge in [-0.15, -0.1) is 0 Å². The van der Waals surface area contributed by atoms with Crippen LogP contribution >= 0.6 is 0 Å². The van der Waals surface area contributed by atoms with Gasteiger partial charge in [0, 0.05) is 7.11 Å². The van der Waals surface area contributed by atoms with Crippen LogP contribution in [-0.4, -0.2) is 24.9 Å². The number of nitrogens with one attached hydrogen (secondary N) is 1. The lowest BCUT2D eigenvalue weighted by Gasteiger charge is -2.13. The predicted octanol–water partition coefficient (Wildman–Crippen LogP) is 1.01. The summed E-state index contributed by atoms with van der Waals surface area (Å²) in [5, 5.41) is 11.7. The second-order valence-corrected chi connectivity index (χ2v) is 2.82. The van der Waals surface area contributed by atoms with Crippen LogP contribution in [-0.2, 0) is 9.53 Å². The summed E-state index contributed by atoms with van der Waals surface area (Å²) in [6, 6.07) is 8.28. The molecule has 0 unspecified atom stereocenters. The van der Waals surface area contributed by atoms with Crippen molar-refractivity contribution in [2.75, 3.05) is 13.8 Å². The van der Waals surface area contributed by atoms with Crippen LogP contribution in [0, 0.1) is 0 Å². The highest BCUT2D eigenvalue weighted by atomic mass is 16.5. The first-order valence-electron chi connectivity index (χ1n) is 4.25. The first-order chi connectivity index (χ1) is 6.75. The lowest BCUT2D eigenvalue weighted by molar-refractivity contribution is -0.140. The summed E-state index contributed by atoms with van der Waals surface area (Å²) in [7, 11) is 1.51. The summed E-state index contributed by atoms with van der Waals surface area (Å²) < 4.78 is 4.77. The molecule has 14 heavy (non-hydrogen) atoms. The molecule has 0 aliphatic heterocycles. The Morgan fingerprint density at radius 2 is 2.14 bits per heavy atom. The molecule has 2 N–H and O–H groups in total. The van der Waals surface area contributed by atoms with E-state index in [0.29, 0.717) is 0 Å². The van der Waals surface area contributed by atoms with Crippen LogP contribution in [0.4, 0.5) is 0 Å². The average molecular weight is 195 g/mol. The highest BCUT2D eigenvalue weighted by Crippen LogP contribution is 2.11. The Morgan fingerprint density at radius 1 is 1.50 bits per heavy atom. The highest BCUT2D eigenvalue weighted by molar-refractivity contribution is 5.75. The lowest BCUT2D eigenvalue weighted by Crippen LogP contribution is -2.29. The highest BCUT2D eigenvalue weighted by Gasteiger charge is 2.17. The molecule has 0 heterocycles. The average Bonchev–Trinajstić information content (AvgIpc) is 2.19. The van der Waals surface area contributed by atoms with Gasteiger partial charge in [0.25, 0.3) is 0 Å². The van der Waals surface area contributed by atoms with Crippen LogP contribution in [0.5, 0.6) is 0 Å². The van der Waals surface area contributed by atoms with Crippen LogP contribution in [0.15, 0.2) is 30.3 Å². The minimum absolute atomic E-state index is 0.214. The number of aliphatic carboxylic acids is 1. The summed E-state index contributed by atoms with van der Waals surface area (Å²) in [5.41, 5.74) is 0.719. The number of hydrogen-bond acceptors (Lipinski definition) is 3. The quantitative estimate of drug-likeness (QED) is 0.688. The van der Waals surface area contributed by atoms with Crippen molar-refractivity contribution in [3.05, 3.63) is 35.9 Å². The van der Waals surface area contributed by atoms with E-state index in [1.807, 2.05) is 6.07 Å². The minimum atomic E-state index is -0.909. The number of ether oxygens (including phenoxy) is 1. The summed E-state index contributed by atoms with van der Waals surface area (Å²) in [6.45, 7) is 0.214. The monoisotopic (exact) mass is 195 g/mol. The Bertz CT molecular complexity index is 287. The third-order valence-corrected chi connectivity index (χ3v) is 1.81. The van der Waals surface area contributed by atoms with E-state index in [-0.39, 0.29) is 6.73 Å². The van der Waals surface area contributed by atoms with Crippen LogP contribution in [0.25, 0.3) is 0 Å². The van der Waals surface area contributed by atoms with Crippen LogP contribution in [0.2, 0.25) is 0 Å². The van der Waals surface area contributed by atoms with Crippen molar-refractivity contribution in [2.24, 2.45) is 0 Å². The van der Waals surface area contributed by atoms with Crippen LogP contribution < -0.4 is 5.32 Å². The standard InChI is InChI=1S/C10H13NO3/c1-14-7-11-9(10(12)13)8-5-3-2-4-6-8/h2-6,9,11H,7H2,1H3,(H,12,13)/t9-/m1/s1. The molecule has 0 amide bonds. The number of carbonyl (C=O) groups is 1. The Kier molecular flexibility index (Phi) is 4.10. The zero-order valence-electron chi connectivity index (χ0n) is 7.93. The minimum Gasteiger partial charge on any atom is -0.480 e. The van der Waals surface area contributed by atoms with E-state index in [4.69, 9.17) is 9.84 Å². The fourth-order valence-electron chi connectivity index (χ4n) is 1.16. The second kappa shape index (κ2) is 5.36. The normalized spacial score (nSPS) is 12.4. The van der Waals surface area contributed by atoms with Gasteiger partial charge in [0.2, 0.25) is 0 Å². The number of carboxylic acids is 1. The molecule has 0 spiro atoms. The molecule has 4 heteroatoms. The van der Waals surface area contributed by atoms with E-state index in [1.165, 1.54) is 7.11 Å². The molecular weight excluding hydrogens is 182 g/mol. The third-order valence-electron chi connectivity index (χ3n) is 1.81. The van der Waals surface area contributed by atoms with Gasteiger partial charge < -0.3 is 9.84 Å². The van der Waals surface area contributed by atoms with Gasteiger partial charge in [0.1, 0.15) is 6.04 Å². The zero-order valence-corrected chi connectivity index (χ0v) is 7.93. The summed E-state index contributed by atoms with van der Waals surface area (Å²) in [4.78, 5) is 10.9. The molecule has 0 fully saturated rings. The zero-order chi connectivity index (χ0) is 10.4. The fraction of sp³-hybridized carbons (Fsp3) is 0.300. The maximum atomic E-state index is 10.9. The molecule has 0 aliphatic carbocycles. The van der Waals surface area contributed by atoms with Gasteiger partial charge >= 0.3 is 5.97 Å². The molecule has 0 aliphatic rings. The van der Waals surface area contributed by atoms with Crippen molar-refractivity contribution in [1.29, 1.82) is 0 Å². The summed E-state index contributed by atoms with van der Waals surface area (Å²) in [5.74, 6) is -0.909. The maximum absolute atomic E-state index is 10.9. The molecular formula is C10H13NO3. The topological polar surface area (TPSA) is 58.6 Å². The van der Waals surface area contributed by atoms with E-state index in [1.54, 1.807) is 24.3 Å². The van der Waals surface area contributed by atoms with Crippen molar-refractivity contribution < 1.29 is 14.6 Å². The lowest BCUT2D eigenvalue weighted by atomic mass is 10.1. The van der Waals surface area contributed by atoms with Crippen molar-refractivity contribution in [2.45, 2.75) is 6.04 Å². The number of methoxy groups -OCH3 is 1. The van der Waals surface area contributed by atoms with Gasteiger partial charge in [-0.2, -0.15) is 0 Å². The first kappa shape index (κ1) is 10.7. The van der Waals surface area contributed by atoms with E-state index in [0.717, 1.165) is 5.56 Å². The van der Waals surface area contributed by atoms with Crippen molar-refractivity contribution >= 4 is 5.97 Å². The number of hydrogen-bond donors (Lipinski definition) is 2. The van der Waals surface area contributed by atoms with Crippen molar-refractivity contribution in [1.82, 2.24) is 5.32 Å². The fourth-order valence-corrected chi connectivity index (χ4v) is 1.16. The van der Waals surface area contributed by atoms with Gasteiger partial charge in [-0.05, 0) is 5.56 Å². The summed E-state index contributed by atoms with van der Waals surface area (Å²) >= 11 is 0. The van der Waals surface area contributed by atoms with E-state index < -0.39 is 12.0 Å². The smallest absolute Gasteiger partial charge is 0.325 e. The van der Waals surface area contributed by atoms with Gasteiger partial charge in [-0.25, -0.2) is 0 Å². The SMILES string of the molecule is COCN[C@@H](C(=O)O)c1ccccc1. The molecule has 0 aromatic heterocycles. The summed E-state index contributed by atoms with van der Waals surface area (Å²) in [6.07, 6.45) is 0. The number of carboxylic acid groups (broad SMARTS) is 1. The Labute approximate surface area is 82.5 Å². The predicted molar refractivity (Wildman–Crippen MR) is 51.8 cm³/mol. The van der Waals surface area contributed by atoms with Crippen LogP contribution in [0.3, 0.4) is 0 Å².